The zero-order valence-electron chi connectivity index (χ0n) is 8.43. The Balaban J connectivity index is 3.18. The van der Waals surface area contributed by atoms with E-state index in [1.807, 2.05) is 4.98 Å². The fourth-order valence-corrected chi connectivity index (χ4v) is 2.37. The Morgan fingerprint density at radius 3 is 2.50 bits per heavy atom. The number of rotatable bonds is 2. The average Bonchev–Trinajstić information content (AvgIpc) is 1.97. The van der Waals surface area contributed by atoms with Crippen molar-refractivity contribution < 1.29 is 4.39 Å². The van der Waals surface area contributed by atoms with E-state index in [1.165, 1.54) is 4.57 Å². The highest BCUT2D eigenvalue weighted by Gasteiger charge is 2.15. The maximum absolute atomic E-state index is 12.8. The Labute approximate surface area is 81.4 Å². The maximum Gasteiger partial charge on any atom is 0.328 e. The molecule has 0 aliphatic rings. The molecule has 1 heterocycles. The second-order valence-electron chi connectivity index (χ2n) is 4.42. The molecule has 0 aliphatic heterocycles. The van der Waals surface area contributed by atoms with Crippen LogP contribution in [0.2, 0.25) is 19.6 Å². The number of nitrogens with zero attached hydrogens (tertiary/aromatic N) is 1. The lowest BCUT2D eigenvalue weighted by molar-refractivity contribution is 0.572. The third-order valence-corrected chi connectivity index (χ3v) is 2.90. The summed E-state index contributed by atoms with van der Waals surface area (Å²) in [5.41, 5.74) is -1.50. The number of aromatic nitrogens is 2. The van der Waals surface area contributed by atoms with E-state index in [0.29, 0.717) is 6.17 Å². The van der Waals surface area contributed by atoms with Gasteiger partial charge in [0.05, 0.1) is 8.07 Å². The number of hydrogen-bond donors (Lipinski definition) is 1. The van der Waals surface area contributed by atoms with Crippen molar-refractivity contribution >= 4 is 8.07 Å². The first-order chi connectivity index (χ1) is 6.29. The van der Waals surface area contributed by atoms with Crippen molar-refractivity contribution in [2.75, 3.05) is 0 Å². The van der Waals surface area contributed by atoms with Gasteiger partial charge < -0.3 is 4.57 Å². The van der Waals surface area contributed by atoms with Gasteiger partial charge >= 0.3 is 5.69 Å². The van der Waals surface area contributed by atoms with E-state index in [1.54, 1.807) is 0 Å². The fourth-order valence-electron chi connectivity index (χ4n) is 1.11. The highest BCUT2D eigenvalue weighted by Crippen LogP contribution is 2.02. The summed E-state index contributed by atoms with van der Waals surface area (Å²) >= 11 is 0. The standard InChI is InChI=1S/C8H13FN2O2Si/c1-14(2,3)5-11-4-6(9)7(12)10-8(11)13/h4H,5H2,1-3H3,(H,10,12,13). The van der Waals surface area contributed by atoms with Crippen LogP contribution in [0.1, 0.15) is 0 Å². The zero-order valence-corrected chi connectivity index (χ0v) is 9.43. The van der Waals surface area contributed by atoms with Crippen molar-refractivity contribution in [3.05, 3.63) is 32.9 Å². The average molecular weight is 216 g/mol. The molecule has 0 saturated carbocycles. The van der Waals surface area contributed by atoms with Gasteiger partial charge in [0.2, 0.25) is 5.82 Å². The van der Waals surface area contributed by atoms with Crippen LogP contribution in [0.5, 0.6) is 0 Å². The molecule has 14 heavy (non-hydrogen) atoms. The minimum absolute atomic E-state index is 0.500. The summed E-state index contributed by atoms with van der Waals surface area (Å²) in [6.45, 7) is 6.17. The largest absolute Gasteiger partial charge is 0.328 e. The highest BCUT2D eigenvalue weighted by atomic mass is 28.3. The predicted molar refractivity (Wildman–Crippen MR) is 54.6 cm³/mol. The third-order valence-electron chi connectivity index (χ3n) is 1.61. The minimum atomic E-state index is -1.50. The Bertz CT molecular complexity index is 444. The minimum Gasteiger partial charge on any atom is -0.301 e. The first-order valence-electron chi connectivity index (χ1n) is 4.29. The lowest BCUT2D eigenvalue weighted by Crippen LogP contribution is -2.38. The predicted octanol–water partition coefficient (Wildman–Crippen LogP) is 0.553. The van der Waals surface area contributed by atoms with Crippen LogP contribution in [0.3, 0.4) is 0 Å². The molecule has 0 aliphatic carbocycles. The van der Waals surface area contributed by atoms with E-state index in [9.17, 15) is 14.0 Å². The second kappa shape index (κ2) is 3.53. The molecule has 0 spiro atoms. The Kier molecular flexibility index (Phi) is 2.75. The molecule has 1 N–H and O–H groups in total. The van der Waals surface area contributed by atoms with Crippen molar-refractivity contribution in [3.8, 4) is 0 Å². The molecule has 0 unspecified atom stereocenters. The molecular formula is C8H13FN2O2Si. The van der Waals surface area contributed by atoms with Crippen molar-refractivity contribution in [3.63, 3.8) is 0 Å². The van der Waals surface area contributed by atoms with Gasteiger partial charge in [0.1, 0.15) is 0 Å². The topological polar surface area (TPSA) is 54.9 Å². The maximum atomic E-state index is 12.8. The van der Waals surface area contributed by atoms with E-state index in [2.05, 4.69) is 19.6 Å². The van der Waals surface area contributed by atoms with Gasteiger partial charge in [0.25, 0.3) is 5.56 Å². The van der Waals surface area contributed by atoms with E-state index < -0.39 is 25.1 Å². The molecule has 4 nitrogen and oxygen atoms in total. The van der Waals surface area contributed by atoms with E-state index >= 15 is 0 Å². The number of aromatic amines is 1. The highest BCUT2D eigenvalue weighted by molar-refractivity contribution is 6.74. The van der Waals surface area contributed by atoms with E-state index in [4.69, 9.17) is 0 Å². The number of hydrogen-bond acceptors (Lipinski definition) is 2. The number of nitrogens with one attached hydrogen (secondary N) is 1. The molecule has 1 aromatic heterocycles. The summed E-state index contributed by atoms with van der Waals surface area (Å²) in [7, 11) is -1.50. The first kappa shape index (κ1) is 10.9. The summed E-state index contributed by atoms with van der Waals surface area (Å²) < 4.78 is 14.1. The molecular weight excluding hydrogens is 203 g/mol. The van der Waals surface area contributed by atoms with E-state index in [0.717, 1.165) is 6.20 Å². The van der Waals surface area contributed by atoms with E-state index in [-0.39, 0.29) is 0 Å². The Morgan fingerprint density at radius 1 is 1.43 bits per heavy atom. The lowest BCUT2D eigenvalue weighted by Gasteiger charge is -2.16. The Hall–Kier alpha value is -1.17. The van der Waals surface area contributed by atoms with Crippen molar-refractivity contribution in [2.24, 2.45) is 0 Å². The van der Waals surface area contributed by atoms with Crippen LogP contribution < -0.4 is 11.2 Å². The van der Waals surface area contributed by atoms with Crippen molar-refractivity contribution in [1.82, 2.24) is 9.55 Å². The summed E-state index contributed by atoms with van der Waals surface area (Å²) in [4.78, 5) is 23.9. The molecule has 0 radical (unpaired) electrons. The smallest absolute Gasteiger partial charge is 0.301 e. The molecule has 78 valence electrons. The SMILES string of the molecule is C[Si](C)(C)Cn1cc(F)c(=O)[nH]c1=O. The van der Waals surface area contributed by atoms with Crippen LogP contribution in [0.4, 0.5) is 4.39 Å². The Morgan fingerprint density at radius 2 is 2.00 bits per heavy atom. The molecule has 1 aromatic rings. The molecule has 6 heteroatoms. The van der Waals surface area contributed by atoms with Crippen LogP contribution in [0.25, 0.3) is 0 Å². The summed E-state index contributed by atoms with van der Waals surface area (Å²) in [6, 6.07) is 0. The molecule has 0 aromatic carbocycles. The molecule has 0 fully saturated rings. The molecule has 1 rings (SSSR count). The number of H-pyrrole nitrogens is 1. The van der Waals surface area contributed by atoms with Crippen LogP contribution >= 0.6 is 0 Å². The fraction of sp³-hybridized carbons (Fsp3) is 0.500. The normalized spacial score (nSPS) is 11.7. The quantitative estimate of drug-likeness (QED) is 0.734. The van der Waals surface area contributed by atoms with Gasteiger partial charge in [0, 0.05) is 12.4 Å². The lowest BCUT2D eigenvalue weighted by atomic mass is 10.6. The third kappa shape index (κ3) is 2.66. The zero-order chi connectivity index (χ0) is 10.9. The van der Waals surface area contributed by atoms with Gasteiger partial charge in [-0.15, -0.1) is 0 Å². The molecule has 0 amide bonds. The van der Waals surface area contributed by atoms with Crippen molar-refractivity contribution in [2.45, 2.75) is 25.8 Å². The number of halogens is 1. The van der Waals surface area contributed by atoms with Gasteiger partial charge in [-0.3, -0.25) is 9.78 Å². The first-order valence-corrected chi connectivity index (χ1v) is 7.99. The second-order valence-corrected chi connectivity index (χ2v) is 9.86. The van der Waals surface area contributed by atoms with Gasteiger partial charge in [-0.05, 0) is 0 Å². The van der Waals surface area contributed by atoms with Gasteiger partial charge in [-0.2, -0.15) is 4.39 Å². The molecule has 0 atom stereocenters. The molecule has 0 bridgehead atoms. The van der Waals surface area contributed by atoms with Crippen LogP contribution in [-0.2, 0) is 6.17 Å². The van der Waals surface area contributed by atoms with Crippen molar-refractivity contribution in [1.29, 1.82) is 0 Å². The monoisotopic (exact) mass is 216 g/mol. The van der Waals surface area contributed by atoms with Gasteiger partial charge in [-0.25, -0.2) is 4.79 Å². The van der Waals surface area contributed by atoms with Gasteiger partial charge in [0.15, 0.2) is 0 Å². The van der Waals surface area contributed by atoms with Gasteiger partial charge in [-0.1, -0.05) is 19.6 Å². The summed E-state index contributed by atoms with van der Waals surface area (Å²) in [5, 5.41) is 0. The van der Waals surface area contributed by atoms with Crippen LogP contribution in [-0.4, -0.2) is 17.6 Å². The summed E-state index contributed by atoms with van der Waals surface area (Å²) in [5.74, 6) is -0.914. The summed E-state index contributed by atoms with van der Waals surface area (Å²) in [6.07, 6.45) is 1.47. The molecule has 0 saturated heterocycles. The van der Waals surface area contributed by atoms with Crippen LogP contribution in [0.15, 0.2) is 15.8 Å². The van der Waals surface area contributed by atoms with Crippen LogP contribution in [0, 0.1) is 5.82 Å².